The highest BCUT2D eigenvalue weighted by Gasteiger charge is 2.29. The van der Waals surface area contributed by atoms with Gasteiger partial charge in [-0.1, -0.05) is 13.8 Å². The second-order valence-corrected chi connectivity index (χ2v) is 8.10. The van der Waals surface area contributed by atoms with Gasteiger partial charge in [-0.25, -0.2) is 17.9 Å². The van der Waals surface area contributed by atoms with Crippen LogP contribution in [0.4, 0.5) is 0 Å². The third-order valence-corrected chi connectivity index (χ3v) is 5.58. The molecule has 25 heavy (non-hydrogen) atoms. The largest absolute Gasteiger partial charge is 0.507 e. The van der Waals surface area contributed by atoms with Crippen LogP contribution in [0.15, 0.2) is 23.1 Å². The van der Waals surface area contributed by atoms with E-state index >= 15 is 0 Å². The number of sulfonamides is 1. The molecule has 1 unspecified atom stereocenters. The zero-order valence-electron chi connectivity index (χ0n) is 14.1. The molecule has 1 saturated heterocycles. The molecule has 1 aromatic rings. The maximum absolute atomic E-state index is 12.5. The molecule has 0 spiro atoms. The van der Waals surface area contributed by atoms with Gasteiger partial charge in [0.05, 0.1) is 4.90 Å². The predicted molar refractivity (Wildman–Crippen MR) is 89.8 cm³/mol. The number of aromatic hydroxyl groups is 1. The number of carboxylic acid groups (broad SMARTS) is 1. The fourth-order valence-electron chi connectivity index (χ4n) is 2.78. The summed E-state index contributed by atoms with van der Waals surface area (Å²) in [6.07, 6.45) is 1.27. The van der Waals surface area contributed by atoms with Crippen molar-refractivity contribution in [1.29, 1.82) is 0 Å². The smallest absolute Gasteiger partial charge is 0.339 e. The van der Waals surface area contributed by atoms with Gasteiger partial charge in [0.15, 0.2) is 0 Å². The Labute approximate surface area is 146 Å². The number of nitrogens with one attached hydrogen (secondary N) is 1. The minimum atomic E-state index is -3.96. The van der Waals surface area contributed by atoms with Gasteiger partial charge in [0.2, 0.25) is 15.9 Å². The molecule has 1 atom stereocenters. The number of piperidine rings is 1. The molecule has 1 aliphatic heterocycles. The molecule has 8 nitrogen and oxygen atoms in total. The Kier molecular flexibility index (Phi) is 5.69. The first-order valence-corrected chi connectivity index (χ1v) is 9.47. The number of carbonyl (C=O) groups excluding carboxylic acids is 1. The summed E-state index contributed by atoms with van der Waals surface area (Å²) in [6, 6.07) is 2.65. The lowest BCUT2D eigenvalue weighted by molar-refractivity contribution is -0.135. The van der Waals surface area contributed by atoms with Crippen LogP contribution >= 0.6 is 0 Å². The molecular formula is C16H22N2O6S. The van der Waals surface area contributed by atoms with Gasteiger partial charge < -0.3 is 15.1 Å². The number of nitrogens with zero attached hydrogens (tertiary/aromatic N) is 1. The molecule has 0 aromatic heterocycles. The Bertz CT molecular complexity index is 775. The number of carboxylic acids is 1. The Hall–Kier alpha value is -2.13. The quantitative estimate of drug-likeness (QED) is 0.711. The molecule has 138 valence electrons. The van der Waals surface area contributed by atoms with E-state index in [4.69, 9.17) is 5.11 Å². The van der Waals surface area contributed by atoms with E-state index in [2.05, 4.69) is 4.72 Å². The molecule has 1 amide bonds. The summed E-state index contributed by atoms with van der Waals surface area (Å²) in [5.74, 6) is -2.11. The first-order chi connectivity index (χ1) is 11.6. The number of benzene rings is 1. The van der Waals surface area contributed by atoms with Gasteiger partial charge in [0.25, 0.3) is 0 Å². The van der Waals surface area contributed by atoms with Gasteiger partial charge in [0.1, 0.15) is 11.3 Å². The van der Waals surface area contributed by atoms with E-state index in [0.717, 1.165) is 18.2 Å². The van der Waals surface area contributed by atoms with Crippen molar-refractivity contribution in [1.82, 2.24) is 9.62 Å². The monoisotopic (exact) mass is 370 g/mol. The van der Waals surface area contributed by atoms with Crippen LogP contribution in [-0.4, -0.2) is 54.5 Å². The molecule has 0 bridgehead atoms. The van der Waals surface area contributed by atoms with Crippen LogP contribution in [-0.2, 0) is 14.8 Å². The summed E-state index contributed by atoms with van der Waals surface area (Å²) in [6.45, 7) is 4.46. The summed E-state index contributed by atoms with van der Waals surface area (Å²) in [5.41, 5.74) is -0.483. The Morgan fingerprint density at radius 2 is 2.00 bits per heavy atom. The minimum Gasteiger partial charge on any atom is -0.507 e. The van der Waals surface area contributed by atoms with E-state index in [-0.39, 0.29) is 23.3 Å². The van der Waals surface area contributed by atoms with Crippen molar-refractivity contribution >= 4 is 21.9 Å². The second-order valence-electron chi connectivity index (χ2n) is 6.38. The number of amides is 1. The molecule has 1 heterocycles. The van der Waals surface area contributed by atoms with Crippen molar-refractivity contribution in [3.8, 4) is 5.75 Å². The van der Waals surface area contributed by atoms with Crippen LogP contribution in [0, 0.1) is 5.92 Å². The summed E-state index contributed by atoms with van der Waals surface area (Å²) in [5, 5.41) is 18.5. The van der Waals surface area contributed by atoms with E-state index in [1.807, 2.05) is 0 Å². The van der Waals surface area contributed by atoms with Crippen molar-refractivity contribution in [3.05, 3.63) is 23.8 Å². The van der Waals surface area contributed by atoms with Crippen LogP contribution in [0.1, 0.15) is 37.0 Å². The third kappa shape index (κ3) is 4.49. The van der Waals surface area contributed by atoms with Crippen molar-refractivity contribution in [2.45, 2.75) is 37.6 Å². The highest BCUT2D eigenvalue weighted by molar-refractivity contribution is 7.89. The van der Waals surface area contributed by atoms with Crippen LogP contribution < -0.4 is 4.72 Å². The first kappa shape index (κ1) is 19.2. The van der Waals surface area contributed by atoms with Crippen molar-refractivity contribution in [2.24, 2.45) is 5.92 Å². The van der Waals surface area contributed by atoms with Gasteiger partial charge in [-0.15, -0.1) is 0 Å². The van der Waals surface area contributed by atoms with Crippen LogP contribution in [0.25, 0.3) is 0 Å². The number of likely N-dealkylation sites (tertiary alicyclic amines) is 1. The zero-order valence-corrected chi connectivity index (χ0v) is 14.9. The Morgan fingerprint density at radius 3 is 2.60 bits per heavy atom. The van der Waals surface area contributed by atoms with Gasteiger partial charge in [-0.3, -0.25) is 4.79 Å². The normalized spacial score (nSPS) is 18.4. The molecule has 0 saturated carbocycles. The zero-order chi connectivity index (χ0) is 18.8. The molecule has 1 aliphatic rings. The minimum absolute atomic E-state index is 0.0262. The summed E-state index contributed by atoms with van der Waals surface area (Å²) >= 11 is 0. The standard InChI is InChI=1S/C16H22N2O6S/c1-10(2)15(20)18-7-3-4-11(9-18)17-25(23,24)12-5-6-14(19)13(8-12)16(21)22/h5-6,8,10-11,17,19H,3-4,7,9H2,1-2H3,(H,21,22). The number of phenols is 1. The lowest BCUT2D eigenvalue weighted by Crippen LogP contribution is -2.50. The molecule has 0 aliphatic carbocycles. The Morgan fingerprint density at radius 1 is 1.32 bits per heavy atom. The predicted octanol–water partition coefficient (Wildman–Crippen LogP) is 1.02. The average Bonchev–Trinajstić information content (AvgIpc) is 2.53. The first-order valence-electron chi connectivity index (χ1n) is 7.99. The molecule has 1 fully saturated rings. The van der Waals surface area contributed by atoms with Crippen molar-refractivity contribution < 1.29 is 28.2 Å². The molecule has 3 N–H and O–H groups in total. The summed E-state index contributed by atoms with van der Waals surface area (Å²) < 4.78 is 27.5. The fourth-order valence-corrected chi connectivity index (χ4v) is 4.07. The topological polar surface area (TPSA) is 124 Å². The molecule has 2 rings (SSSR count). The number of rotatable bonds is 5. The van der Waals surface area contributed by atoms with E-state index in [9.17, 15) is 23.1 Å². The highest BCUT2D eigenvalue weighted by atomic mass is 32.2. The average molecular weight is 370 g/mol. The van der Waals surface area contributed by atoms with Crippen LogP contribution in [0.3, 0.4) is 0 Å². The maximum Gasteiger partial charge on any atom is 0.339 e. The number of aromatic carboxylic acids is 1. The number of hydrogen-bond donors (Lipinski definition) is 3. The van der Waals surface area contributed by atoms with E-state index < -0.39 is 33.3 Å². The summed E-state index contributed by atoms with van der Waals surface area (Å²) in [7, 11) is -3.96. The lowest BCUT2D eigenvalue weighted by atomic mass is 10.0. The Balaban J connectivity index is 2.17. The third-order valence-electron chi connectivity index (χ3n) is 4.06. The van der Waals surface area contributed by atoms with E-state index in [1.165, 1.54) is 0 Å². The second kappa shape index (κ2) is 7.40. The highest BCUT2D eigenvalue weighted by Crippen LogP contribution is 2.22. The van der Waals surface area contributed by atoms with Crippen molar-refractivity contribution in [3.63, 3.8) is 0 Å². The molecular weight excluding hydrogens is 348 g/mol. The SMILES string of the molecule is CC(C)C(=O)N1CCCC(NS(=O)(=O)c2ccc(O)c(C(=O)O)c2)C1. The van der Waals surface area contributed by atoms with Gasteiger partial charge in [0, 0.05) is 25.0 Å². The molecule has 9 heteroatoms. The van der Waals surface area contributed by atoms with Crippen molar-refractivity contribution in [2.75, 3.05) is 13.1 Å². The van der Waals surface area contributed by atoms with Gasteiger partial charge in [-0.2, -0.15) is 0 Å². The van der Waals surface area contributed by atoms with E-state index in [0.29, 0.717) is 19.4 Å². The van der Waals surface area contributed by atoms with Crippen LogP contribution in [0.2, 0.25) is 0 Å². The van der Waals surface area contributed by atoms with Gasteiger partial charge in [-0.05, 0) is 31.0 Å². The van der Waals surface area contributed by atoms with E-state index in [1.54, 1.807) is 18.7 Å². The number of carbonyl (C=O) groups is 2. The summed E-state index contributed by atoms with van der Waals surface area (Å²) in [4.78, 5) is 24.5. The van der Waals surface area contributed by atoms with Crippen LogP contribution in [0.5, 0.6) is 5.75 Å². The number of hydrogen-bond acceptors (Lipinski definition) is 5. The molecule has 1 aromatic carbocycles. The lowest BCUT2D eigenvalue weighted by Gasteiger charge is -2.34. The maximum atomic E-state index is 12.5. The van der Waals surface area contributed by atoms with Gasteiger partial charge >= 0.3 is 5.97 Å². The molecule has 0 radical (unpaired) electrons. The fraction of sp³-hybridized carbons (Fsp3) is 0.500.